The molecule has 0 saturated heterocycles. The SMILES string of the molecule is CC(C)c1nc2oc(C=C3C(=O)c4cc(Cl)c(Cl)cc4C3=O)cc2s1. The van der Waals surface area contributed by atoms with Gasteiger partial charge in [-0.25, -0.2) is 4.98 Å². The molecule has 25 heavy (non-hydrogen) atoms. The van der Waals surface area contributed by atoms with Crippen molar-refractivity contribution in [3.05, 3.63) is 55.7 Å². The van der Waals surface area contributed by atoms with Crippen molar-refractivity contribution in [2.24, 2.45) is 0 Å². The van der Waals surface area contributed by atoms with Gasteiger partial charge in [-0.15, -0.1) is 11.3 Å². The van der Waals surface area contributed by atoms with Gasteiger partial charge in [0.05, 0.1) is 25.3 Å². The van der Waals surface area contributed by atoms with E-state index < -0.39 is 0 Å². The molecule has 0 saturated carbocycles. The number of halogens is 2. The molecular weight excluding hydrogens is 381 g/mol. The van der Waals surface area contributed by atoms with Crippen molar-refractivity contribution >= 4 is 62.6 Å². The number of furan rings is 1. The molecule has 3 aromatic rings. The molecule has 4 nitrogen and oxygen atoms in total. The highest BCUT2D eigenvalue weighted by atomic mass is 35.5. The lowest BCUT2D eigenvalue weighted by Crippen LogP contribution is -1.99. The summed E-state index contributed by atoms with van der Waals surface area (Å²) in [5.41, 5.74) is 1.08. The zero-order chi connectivity index (χ0) is 17.9. The van der Waals surface area contributed by atoms with Gasteiger partial charge in [0.25, 0.3) is 0 Å². The molecule has 126 valence electrons. The third-order valence-electron chi connectivity index (χ3n) is 3.94. The first kappa shape index (κ1) is 16.5. The molecule has 0 unspecified atom stereocenters. The van der Waals surface area contributed by atoms with Gasteiger partial charge < -0.3 is 4.42 Å². The number of hydrogen-bond donors (Lipinski definition) is 0. The summed E-state index contributed by atoms with van der Waals surface area (Å²) in [7, 11) is 0. The average Bonchev–Trinajstić information content (AvgIpc) is 3.17. The Balaban J connectivity index is 1.76. The number of nitrogens with zero attached hydrogens (tertiary/aromatic N) is 1. The molecule has 1 aliphatic rings. The molecule has 4 rings (SSSR count). The van der Waals surface area contributed by atoms with Crippen LogP contribution in [0.4, 0.5) is 0 Å². The van der Waals surface area contributed by atoms with Gasteiger partial charge in [0.2, 0.25) is 5.71 Å². The minimum atomic E-state index is -0.380. The minimum absolute atomic E-state index is 0.0406. The van der Waals surface area contributed by atoms with Crippen LogP contribution in [0.2, 0.25) is 10.0 Å². The van der Waals surface area contributed by atoms with Crippen molar-refractivity contribution in [3.63, 3.8) is 0 Å². The van der Waals surface area contributed by atoms with E-state index in [9.17, 15) is 9.59 Å². The topological polar surface area (TPSA) is 60.2 Å². The molecule has 2 heterocycles. The standard InChI is InChI=1S/C18H11Cl2NO3S/c1-7(2)18-21-17-14(25-18)4-8(24-17)3-11-15(22)9-5-12(19)13(20)6-10(9)16(11)23/h3-7H,1-2H3. The van der Waals surface area contributed by atoms with Crippen LogP contribution in [0.5, 0.6) is 0 Å². The monoisotopic (exact) mass is 391 g/mol. The Bertz CT molecular complexity index is 1020. The second-order valence-electron chi connectivity index (χ2n) is 6.05. The molecule has 0 amide bonds. The molecule has 1 aliphatic carbocycles. The number of hydrogen-bond acceptors (Lipinski definition) is 5. The van der Waals surface area contributed by atoms with Crippen LogP contribution in [0, 0.1) is 0 Å². The maximum absolute atomic E-state index is 12.5. The summed E-state index contributed by atoms with van der Waals surface area (Å²) in [5.74, 6) is -0.0227. The van der Waals surface area contributed by atoms with E-state index in [0.29, 0.717) is 17.4 Å². The number of rotatable bonds is 2. The maximum atomic E-state index is 12.5. The summed E-state index contributed by atoms with van der Waals surface area (Å²) in [6.07, 6.45) is 1.45. The van der Waals surface area contributed by atoms with Gasteiger partial charge in [0.1, 0.15) is 5.76 Å². The Morgan fingerprint density at radius 2 is 1.68 bits per heavy atom. The number of carbonyl (C=O) groups excluding carboxylic acids is 2. The zero-order valence-corrected chi connectivity index (χ0v) is 15.6. The Labute approximate surface area is 157 Å². The maximum Gasteiger partial charge on any atom is 0.237 e. The van der Waals surface area contributed by atoms with Crippen molar-refractivity contribution in [1.82, 2.24) is 4.98 Å². The van der Waals surface area contributed by atoms with Gasteiger partial charge in [0.15, 0.2) is 11.6 Å². The van der Waals surface area contributed by atoms with Crippen LogP contribution in [0.1, 0.15) is 51.2 Å². The van der Waals surface area contributed by atoms with Crippen LogP contribution in [0.3, 0.4) is 0 Å². The predicted molar refractivity (Wildman–Crippen MR) is 99.1 cm³/mol. The highest BCUT2D eigenvalue weighted by Crippen LogP contribution is 2.35. The Hall–Kier alpha value is -1.95. The summed E-state index contributed by atoms with van der Waals surface area (Å²) in [6, 6.07) is 4.64. The minimum Gasteiger partial charge on any atom is -0.437 e. The number of allylic oxidation sites excluding steroid dienone is 1. The van der Waals surface area contributed by atoms with Gasteiger partial charge in [-0.2, -0.15) is 0 Å². The van der Waals surface area contributed by atoms with Crippen molar-refractivity contribution in [2.75, 3.05) is 0 Å². The van der Waals surface area contributed by atoms with E-state index in [1.54, 1.807) is 6.07 Å². The molecule has 0 fully saturated rings. The van der Waals surface area contributed by atoms with Crippen molar-refractivity contribution in [1.29, 1.82) is 0 Å². The average molecular weight is 392 g/mol. The van der Waals surface area contributed by atoms with E-state index in [1.807, 2.05) is 0 Å². The van der Waals surface area contributed by atoms with Gasteiger partial charge in [-0.1, -0.05) is 37.0 Å². The van der Waals surface area contributed by atoms with Crippen LogP contribution in [-0.4, -0.2) is 16.6 Å². The molecule has 2 aromatic heterocycles. The van der Waals surface area contributed by atoms with Crippen LogP contribution in [-0.2, 0) is 0 Å². The first-order valence-corrected chi connectivity index (χ1v) is 9.13. The predicted octanol–water partition coefficient (Wildman–Crippen LogP) is 5.78. The van der Waals surface area contributed by atoms with Crippen LogP contribution in [0.15, 0.2) is 28.2 Å². The number of carbonyl (C=O) groups is 2. The van der Waals surface area contributed by atoms with E-state index in [2.05, 4.69) is 18.8 Å². The van der Waals surface area contributed by atoms with E-state index >= 15 is 0 Å². The second-order valence-corrected chi connectivity index (χ2v) is 7.93. The lowest BCUT2D eigenvalue weighted by atomic mass is 10.1. The van der Waals surface area contributed by atoms with Gasteiger partial charge in [-0.3, -0.25) is 9.59 Å². The summed E-state index contributed by atoms with van der Waals surface area (Å²) >= 11 is 13.4. The fraction of sp³-hybridized carbons (Fsp3) is 0.167. The molecule has 1 aromatic carbocycles. The molecule has 7 heteroatoms. The first-order chi connectivity index (χ1) is 11.8. The molecule has 0 N–H and O–H groups in total. The fourth-order valence-electron chi connectivity index (χ4n) is 2.68. The number of thiazole rings is 1. The van der Waals surface area contributed by atoms with Gasteiger partial charge in [-0.05, 0) is 18.2 Å². The number of ketones is 2. The molecular formula is C18H11Cl2NO3S. The van der Waals surface area contributed by atoms with Crippen molar-refractivity contribution < 1.29 is 14.0 Å². The van der Waals surface area contributed by atoms with E-state index in [1.165, 1.54) is 29.5 Å². The van der Waals surface area contributed by atoms with Crippen LogP contribution in [0.25, 0.3) is 16.5 Å². The molecule has 0 radical (unpaired) electrons. The van der Waals surface area contributed by atoms with E-state index in [4.69, 9.17) is 27.6 Å². The van der Waals surface area contributed by atoms with Crippen LogP contribution < -0.4 is 0 Å². The molecule has 0 bridgehead atoms. The quantitative estimate of drug-likeness (QED) is 0.410. The highest BCUT2D eigenvalue weighted by molar-refractivity contribution is 7.18. The molecule has 0 atom stereocenters. The fourth-order valence-corrected chi connectivity index (χ4v) is 3.94. The number of fused-ring (bicyclic) bond motifs is 2. The molecule has 0 spiro atoms. The lowest BCUT2D eigenvalue weighted by Gasteiger charge is -1.98. The summed E-state index contributed by atoms with van der Waals surface area (Å²) in [4.78, 5) is 29.5. The number of aromatic nitrogens is 1. The highest BCUT2D eigenvalue weighted by Gasteiger charge is 2.34. The summed E-state index contributed by atoms with van der Waals surface area (Å²) in [5, 5.41) is 1.47. The Morgan fingerprint density at radius 1 is 1.08 bits per heavy atom. The Morgan fingerprint density at radius 3 is 2.20 bits per heavy atom. The third kappa shape index (κ3) is 2.63. The van der Waals surface area contributed by atoms with E-state index in [-0.39, 0.29) is 38.3 Å². The Kier molecular flexibility index (Phi) is 3.83. The van der Waals surface area contributed by atoms with Crippen molar-refractivity contribution in [3.8, 4) is 0 Å². The summed E-state index contributed by atoms with van der Waals surface area (Å²) in [6.45, 7) is 4.12. The van der Waals surface area contributed by atoms with Gasteiger partial charge in [0, 0.05) is 23.1 Å². The second kappa shape index (κ2) is 5.80. The largest absolute Gasteiger partial charge is 0.437 e. The zero-order valence-electron chi connectivity index (χ0n) is 13.2. The van der Waals surface area contributed by atoms with Gasteiger partial charge >= 0.3 is 0 Å². The molecule has 0 aliphatic heterocycles. The normalized spacial score (nSPS) is 14.0. The first-order valence-electron chi connectivity index (χ1n) is 7.55. The number of Topliss-reactive ketones (excluding diaryl/α,β-unsaturated/α-hetero) is 2. The van der Waals surface area contributed by atoms with Crippen molar-refractivity contribution in [2.45, 2.75) is 19.8 Å². The third-order valence-corrected chi connectivity index (χ3v) is 5.95. The summed E-state index contributed by atoms with van der Waals surface area (Å²) < 4.78 is 6.56. The van der Waals surface area contributed by atoms with E-state index in [0.717, 1.165) is 9.71 Å². The lowest BCUT2D eigenvalue weighted by molar-refractivity contribution is 0.0990. The number of benzene rings is 1. The smallest absolute Gasteiger partial charge is 0.237 e. The van der Waals surface area contributed by atoms with Crippen LogP contribution >= 0.6 is 34.5 Å².